The number of nitrogens with two attached hydrogens (primary N) is 2. The zero-order valence-electron chi connectivity index (χ0n) is 9.85. The van der Waals surface area contributed by atoms with Crippen LogP contribution in [0.4, 0.5) is 10.8 Å². The molecule has 94 valence electrons. The van der Waals surface area contributed by atoms with E-state index in [1.54, 1.807) is 21.0 Å². The summed E-state index contributed by atoms with van der Waals surface area (Å²) in [5, 5.41) is 3.29. The van der Waals surface area contributed by atoms with Crippen molar-refractivity contribution in [1.29, 1.82) is 0 Å². The lowest BCUT2D eigenvalue weighted by atomic mass is 10.2. The highest BCUT2D eigenvalue weighted by atomic mass is 32.1. The van der Waals surface area contributed by atoms with Gasteiger partial charge in [-0.2, -0.15) is 4.37 Å². The molecule has 1 heterocycles. The third-order valence-corrected chi connectivity index (χ3v) is 2.92. The van der Waals surface area contributed by atoms with Crippen LogP contribution in [0.2, 0.25) is 0 Å². The summed E-state index contributed by atoms with van der Waals surface area (Å²) in [5.41, 5.74) is 10.8. The number of likely N-dealkylation sites (N-methyl/N-ethyl adjacent to an activating group) is 1. The molecule has 5 N–H and O–H groups in total. The second-order valence-electron chi connectivity index (χ2n) is 3.73. The first-order valence-electron chi connectivity index (χ1n) is 4.87. The van der Waals surface area contributed by atoms with Crippen LogP contribution in [0.25, 0.3) is 0 Å². The van der Waals surface area contributed by atoms with Gasteiger partial charge in [0, 0.05) is 14.1 Å². The van der Waals surface area contributed by atoms with Gasteiger partial charge in [-0.05, 0) is 18.5 Å². The second kappa shape index (κ2) is 5.00. The smallest absolute Gasteiger partial charge is 0.255 e. The van der Waals surface area contributed by atoms with Crippen LogP contribution in [-0.2, 0) is 4.79 Å². The Bertz CT molecular complexity index is 443. The standard InChI is InChI=1S/C9H15N5O2S/c1-4(9(16)14(2)3)12-8-5(7(11)15)6(10)13-17-8/h4,12H,1-3H3,(H2,10,13)(H2,11,15). The van der Waals surface area contributed by atoms with Crippen LogP contribution in [0.1, 0.15) is 17.3 Å². The molecule has 17 heavy (non-hydrogen) atoms. The van der Waals surface area contributed by atoms with Crippen molar-refractivity contribution < 1.29 is 9.59 Å². The minimum Gasteiger partial charge on any atom is -0.382 e. The topological polar surface area (TPSA) is 114 Å². The summed E-state index contributed by atoms with van der Waals surface area (Å²) < 4.78 is 3.83. The summed E-state index contributed by atoms with van der Waals surface area (Å²) >= 11 is 1.00. The molecule has 8 heteroatoms. The van der Waals surface area contributed by atoms with E-state index in [1.165, 1.54) is 4.90 Å². The van der Waals surface area contributed by atoms with E-state index in [2.05, 4.69) is 9.69 Å². The molecule has 0 saturated heterocycles. The Labute approximate surface area is 103 Å². The van der Waals surface area contributed by atoms with E-state index in [0.29, 0.717) is 5.00 Å². The number of nitrogens with zero attached hydrogens (tertiary/aromatic N) is 2. The molecule has 2 amide bonds. The summed E-state index contributed by atoms with van der Waals surface area (Å²) in [6.07, 6.45) is 0. The number of nitrogen functional groups attached to an aromatic ring is 1. The fourth-order valence-electron chi connectivity index (χ4n) is 1.28. The largest absolute Gasteiger partial charge is 0.382 e. The first kappa shape index (κ1) is 13.2. The number of amides is 2. The summed E-state index contributed by atoms with van der Waals surface area (Å²) in [6.45, 7) is 1.68. The van der Waals surface area contributed by atoms with E-state index in [0.717, 1.165) is 11.5 Å². The van der Waals surface area contributed by atoms with Gasteiger partial charge in [0.05, 0.1) is 0 Å². The molecule has 0 fully saturated rings. The Kier molecular flexibility index (Phi) is 3.89. The fourth-order valence-corrected chi connectivity index (χ4v) is 2.09. The van der Waals surface area contributed by atoms with Crippen LogP contribution in [0, 0.1) is 0 Å². The number of nitrogens with one attached hydrogen (secondary N) is 1. The monoisotopic (exact) mass is 257 g/mol. The van der Waals surface area contributed by atoms with Crippen molar-refractivity contribution in [3.8, 4) is 0 Å². The van der Waals surface area contributed by atoms with Crippen molar-refractivity contribution in [3.05, 3.63) is 5.56 Å². The van der Waals surface area contributed by atoms with Gasteiger partial charge >= 0.3 is 0 Å². The van der Waals surface area contributed by atoms with Crippen LogP contribution in [0.3, 0.4) is 0 Å². The molecule has 0 aromatic carbocycles. The van der Waals surface area contributed by atoms with E-state index < -0.39 is 11.9 Å². The lowest BCUT2D eigenvalue weighted by molar-refractivity contribution is -0.129. The van der Waals surface area contributed by atoms with Crippen molar-refractivity contribution >= 4 is 34.2 Å². The van der Waals surface area contributed by atoms with Gasteiger partial charge in [0.2, 0.25) is 5.91 Å². The van der Waals surface area contributed by atoms with Gasteiger partial charge in [-0.3, -0.25) is 9.59 Å². The van der Waals surface area contributed by atoms with Crippen LogP contribution >= 0.6 is 11.5 Å². The zero-order valence-corrected chi connectivity index (χ0v) is 10.7. The highest BCUT2D eigenvalue weighted by Crippen LogP contribution is 2.26. The van der Waals surface area contributed by atoms with Crippen LogP contribution in [-0.4, -0.2) is 41.2 Å². The second-order valence-corrected chi connectivity index (χ2v) is 4.51. The highest BCUT2D eigenvalue weighted by Gasteiger charge is 2.21. The molecule has 1 aromatic rings. The minimum absolute atomic E-state index is 0.0782. The summed E-state index contributed by atoms with van der Waals surface area (Å²) in [7, 11) is 3.30. The highest BCUT2D eigenvalue weighted by molar-refractivity contribution is 7.11. The van der Waals surface area contributed by atoms with Gasteiger partial charge in [0.15, 0.2) is 5.82 Å². The van der Waals surface area contributed by atoms with E-state index in [1.807, 2.05) is 0 Å². The Balaban J connectivity index is 2.89. The molecule has 1 unspecified atom stereocenters. The number of carbonyl (C=O) groups is 2. The molecule has 0 radical (unpaired) electrons. The minimum atomic E-state index is -0.664. The van der Waals surface area contributed by atoms with Crippen molar-refractivity contribution in [2.75, 3.05) is 25.1 Å². The Hall–Kier alpha value is -1.83. The van der Waals surface area contributed by atoms with Gasteiger partial charge in [-0.25, -0.2) is 0 Å². The van der Waals surface area contributed by atoms with Crippen molar-refractivity contribution in [1.82, 2.24) is 9.27 Å². The van der Waals surface area contributed by atoms with Gasteiger partial charge in [-0.15, -0.1) is 0 Å². The summed E-state index contributed by atoms with van der Waals surface area (Å²) in [4.78, 5) is 24.2. The van der Waals surface area contributed by atoms with Crippen molar-refractivity contribution in [2.45, 2.75) is 13.0 Å². The van der Waals surface area contributed by atoms with Gasteiger partial charge in [-0.1, -0.05) is 0 Å². The molecule has 1 rings (SSSR count). The quantitative estimate of drug-likeness (QED) is 0.686. The molecule has 7 nitrogen and oxygen atoms in total. The maximum absolute atomic E-state index is 11.6. The average molecular weight is 257 g/mol. The number of hydrogen-bond acceptors (Lipinski definition) is 6. The molecule has 0 saturated carbocycles. The number of primary amides is 1. The molecular weight excluding hydrogens is 242 g/mol. The lowest BCUT2D eigenvalue weighted by Gasteiger charge is -2.18. The molecule has 0 aliphatic rings. The Morgan fingerprint density at radius 1 is 1.47 bits per heavy atom. The van der Waals surface area contributed by atoms with Crippen molar-refractivity contribution in [2.24, 2.45) is 5.73 Å². The lowest BCUT2D eigenvalue weighted by Crippen LogP contribution is -2.36. The molecule has 0 aliphatic carbocycles. The third-order valence-electron chi connectivity index (χ3n) is 2.12. The summed E-state index contributed by atoms with van der Waals surface area (Å²) in [5.74, 6) is -0.704. The molecule has 0 aliphatic heterocycles. The summed E-state index contributed by atoms with van der Waals surface area (Å²) in [6, 6.07) is -0.483. The van der Waals surface area contributed by atoms with E-state index in [9.17, 15) is 9.59 Å². The third kappa shape index (κ3) is 2.84. The van der Waals surface area contributed by atoms with E-state index in [4.69, 9.17) is 11.5 Å². The molecule has 1 aromatic heterocycles. The molecular formula is C9H15N5O2S. The number of anilines is 2. The fraction of sp³-hybridized carbons (Fsp3) is 0.444. The van der Waals surface area contributed by atoms with Crippen LogP contribution in [0.5, 0.6) is 0 Å². The van der Waals surface area contributed by atoms with Gasteiger partial charge < -0.3 is 21.7 Å². The predicted octanol–water partition coefficient (Wildman–Crippen LogP) is -0.287. The Morgan fingerprint density at radius 3 is 2.53 bits per heavy atom. The number of aromatic nitrogens is 1. The maximum atomic E-state index is 11.6. The van der Waals surface area contributed by atoms with E-state index >= 15 is 0 Å². The Morgan fingerprint density at radius 2 is 2.06 bits per heavy atom. The van der Waals surface area contributed by atoms with Crippen LogP contribution in [0.15, 0.2) is 0 Å². The number of hydrogen-bond donors (Lipinski definition) is 3. The van der Waals surface area contributed by atoms with Gasteiger partial charge in [0.25, 0.3) is 5.91 Å². The normalized spacial score (nSPS) is 11.9. The van der Waals surface area contributed by atoms with Crippen LogP contribution < -0.4 is 16.8 Å². The predicted molar refractivity (Wildman–Crippen MR) is 66.8 cm³/mol. The number of rotatable bonds is 4. The first-order chi connectivity index (χ1) is 7.84. The maximum Gasteiger partial charge on any atom is 0.255 e. The molecule has 0 bridgehead atoms. The van der Waals surface area contributed by atoms with E-state index in [-0.39, 0.29) is 17.3 Å². The molecule has 1 atom stereocenters. The zero-order chi connectivity index (χ0) is 13.2. The number of carbonyl (C=O) groups excluding carboxylic acids is 2. The van der Waals surface area contributed by atoms with Crippen molar-refractivity contribution in [3.63, 3.8) is 0 Å². The average Bonchev–Trinajstić information content (AvgIpc) is 2.58. The first-order valence-corrected chi connectivity index (χ1v) is 5.64. The molecule has 0 spiro atoms. The SMILES string of the molecule is CC(Nc1snc(N)c1C(N)=O)C(=O)N(C)C. The van der Waals surface area contributed by atoms with Gasteiger partial charge in [0.1, 0.15) is 16.6 Å².